The van der Waals surface area contributed by atoms with Crippen molar-refractivity contribution in [3.63, 3.8) is 0 Å². The van der Waals surface area contributed by atoms with E-state index in [0.717, 1.165) is 24.2 Å². The second-order valence-corrected chi connectivity index (χ2v) is 8.70. The van der Waals surface area contributed by atoms with Gasteiger partial charge in [0, 0.05) is 5.41 Å². The van der Waals surface area contributed by atoms with Crippen LogP contribution in [0, 0.1) is 34.5 Å². The summed E-state index contributed by atoms with van der Waals surface area (Å²) in [5, 5.41) is 0. The van der Waals surface area contributed by atoms with Crippen LogP contribution in [0.3, 0.4) is 0 Å². The zero-order valence-corrected chi connectivity index (χ0v) is 13.4. The summed E-state index contributed by atoms with van der Waals surface area (Å²) in [5.74, 6) is 2.94. The van der Waals surface area contributed by atoms with Gasteiger partial charge in [0.05, 0.1) is 5.92 Å². The van der Waals surface area contributed by atoms with Crippen molar-refractivity contribution in [1.29, 1.82) is 0 Å². The molecule has 0 heterocycles. The van der Waals surface area contributed by atoms with Gasteiger partial charge in [0.25, 0.3) is 0 Å². The summed E-state index contributed by atoms with van der Waals surface area (Å²) in [7, 11) is 0. The highest BCUT2D eigenvalue weighted by Crippen LogP contribution is 2.86. The Morgan fingerprint density at radius 1 is 1.25 bits per heavy atom. The van der Waals surface area contributed by atoms with Crippen molar-refractivity contribution < 1.29 is 9.53 Å². The maximum absolute atomic E-state index is 12.2. The van der Waals surface area contributed by atoms with Crippen LogP contribution in [-0.4, -0.2) is 11.6 Å². The van der Waals surface area contributed by atoms with E-state index in [1.165, 1.54) is 32.1 Å². The minimum Gasteiger partial charge on any atom is -0.459 e. The molecule has 0 aromatic carbocycles. The molecule has 4 aliphatic rings. The number of fused-ring (bicyclic) bond motifs is 1. The predicted octanol–water partition coefficient (Wildman–Crippen LogP) is 4.18. The molecule has 4 fully saturated rings. The van der Waals surface area contributed by atoms with Gasteiger partial charge >= 0.3 is 5.97 Å². The van der Waals surface area contributed by atoms with Gasteiger partial charge in [-0.2, -0.15) is 0 Å². The number of rotatable bonds is 4. The zero-order chi connectivity index (χ0) is 14.3. The number of ether oxygens (including phenoxy) is 1. The minimum atomic E-state index is -0.234. The number of esters is 1. The summed E-state index contributed by atoms with van der Waals surface area (Å²) in [5.41, 5.74) is 0.774. The molecule has 0 radical (unpaired) electrons. The molecule has 2 bridgehead atoms. The molecule has 4 saturated carbocycles. The Morgan fingerprint density at radius 3 is 2.25 bits per heavy atom. The first-order chi connectivity index (χ1) is 9.37. The van der Waals surface area contributed by atoms with Gasteiger partial charge in [-0.05, 0) is 68.6 Å². The lowest BCUT2D eigenvalue weighted by molar-refractivity contribution is -0.194. The molecule has 112 valence electrons. The molecule has 0 aromatic heterocycles. The highest BCUT2D eigenvalue weighted by atomic mass is 16.6. The third-order valence-electron chi connectivity index (χ3n) is 7.93. The summed E-state index contributed by atoms with van der Waals surface area (Å²) in [6.07, 6.45) is 7.92. The van der Waals surface area contributed by atoms with Gasteiger partial charge in [0.1, 0.15) is 5.60 Å². The normalized spacial score (nSPS) is 50.1. The van der Waals surface area contributed by atoms with Gasteiger partial charge < -0.3 is 4.74 Å². The second-order valence-electron chi connectivity index (χ2n) is 8.70. The van der Waals surface area contributed by atoms with E-state index in [2.05, 4.69) is 13.8 Å². The Morgan fingerprint density at radius 2 is 1.85 bits per heavy atom. The lowest BCUT2D eigenvalue weighted by atomic mass is 9.38. The van der Waals surface area contributed by atoms with E-state index in [1.807, 2.05) is 13.8 Å². The Bertz CT molecular complexity index is 450. The first-order valence-electron chi connectivity index (χ1n) is 8.60. The Kier molecular flexibility index (Phi) is 2.38. The molecule has 3 unspecified atom stereocenters. The van der Waals surface area contributed by atoms with Crippen molar-refractivity contribution in [1.82, 2.24) is 0 Å². The summed E-state index contributed by atoms with van der Waals surface area (Å²) < 4.78 is 6.10. The maximum atomic E-state index is 12.2. The first-order valence-corrected chi connectivity index (χ1v) is 8.60. The Balaban J connectivity index is 1.63. The van der Waals surface area contributed by atoms with Gasteiger partial charge in [-0.25, -0.2) is 0 Å². The van der Waals surface area contributed by atoms with Crippen molar-refractivity contribution in [2.75, 3.05) is 0 Å². The van der Waals surface area contributed by atoms with Gasteiger partial charge in [-0.3, -0.25) is 4.79 Å². The van der Waals surface area contributed by atoms with Gasteiger partial charge in [0.2, 0.25) is 0 Å². The SMILES string of the molecule is CCC(C)(OC(=O)C(C)C)C12CC3CC4CC(C1)C43C2. The van der Waals surface area contributed by atoms with Gasteiger partial charge in [0.15, 0.2) is 0 Å². The van der Waals surface area contributed by atoms with E-state index >= 15 is 0 Å². The average molecular weight is 276 g/mol. The molecule has 1 spiro atoms. The zero-order valence-electron chi connectivity index (χ0n) is 13.4. The molecule has 2 heteroatoms. The van der Waals surface area contributed by atoms with Crippen LogP contribution in [0.2, 0.25) is 0 Å². The topological polar surface area (TPSA) is 26.3 Å². The lowest BCUT2D eigenvalue weighted by Gasteiger charge is -2.66. The third-order valence-corrected chi connectivity index (χ3v) is 7.93. The number of carbonyl (C=O) groups excluding carboxylic acids is 1. The van der Waals surface area contributed by atoms with Crippen LogP contribution in [0.1, 0.15) is 66.2 Å². The highest BCUT2D eigenvalue weighted by molar-refractivity contribution is 5.72. The lowest BCUT2D eigenvalue weighted by Crippen LogP contribution is -2.60. The van der Waals surface area contributed by atoms with E-state index in [-0.39, 0.29) is 17.5 Å². The molecule has 2 nitrogen and oxygen atoms in total. The fraction of sp³-hybridized carbons (Fsp3) is 0.944. The Labute approximate surface area is 122 Å². The number of hydrogen-bond acceptors (Lipinski definition) is 2. The van der Waals surface area contributed by atoms with Crippen molar-refractivity contribution >= 4 is 5.97 Å². The average Bonchev–Trinajstić information content (AvgIpc) is 2.85. The largest absolute Gasteiger partial charge is 0.459 e. The number of carbonyl (C=O) groups is 1. The molecule has 20 heavy (non-hydrogen) atoms. The molecule has 0 aliphatic heterocycles. The molecule has 4 rings (SSSR count). The van der Waals surface area contributed by atoms with Crippen LogP contribution >= 0.6 is 0 Å². The summed E-state index contributed by atoms with van der Waals surface area (Å²) >= 11 is 0. The van der Waals surface area contributed by atoms with Crippen molar-refractivity contribution in [2.45, 2.75) is 71.8 Å². The predicted molar refractivity (Wildman–Crippen MR) is 78.0 cm³/mol. The van der Waals surface area contributed by atoms with Crippen molar-refractivity contribution in [3.05, 3.63) is 0 Å². The molecule has 4 aliphatic carbocycles. The monoisotopic (exact) mass is 276 g/mol. The summed E-state index contributed by atoms with van der Waals surface area (Å²) in [6, 6.07) is 0. The quantitative estimate of drug-likeness (QED) is 0.720. The molecule has 0 N–H and O–H groups in total. The molecular formula is C18H28O2. The maximum Gasteiger partial charge on any atom is 0.308 e. The van der Waals surface area contributed by atoms with Crippen LogP contribution in [0.25, 0.3) is 0 Å². The van der Waals surface area contributed by atoms with E-state index < -0.39 is 0 Å². The Hall–Kier alpha value is -0.530. The summed E-state index contributed by atoms with van der Waals surface area (Å²) in [4.78, 5) is 12.2. The third kappa shape index (κ3) is 1.21. The van der Waals surface area contributed by atoms with Crippen LogP contribution in [0.5, 0.6) is 0 Å². The fourth-order valence-electron chi connectivity index (χ4n) is 6.59. The van der Waals surface area contributed by atoms with Gasteiger partial charge in [-0.15, -0.1) is 0 Å². The molecule has 0 saturated heterocycles. The summed E-state index contributed by atoms with van der Waals surface area (Å²) in [6.45, 7) is 8.33. The smallest absolute Gasteiger partial charge is 0.308 e. The van der Waals surface area contributed by atoms with Crippen LogP contribution in [0.15, 0.2) is 0 Å². The molecule has 0 aromatic rings. The minimum absolute atomic E-state index is 0.00345. The fourth-order valence-corrected chi connectivity index (χ4v) is 6.59. The van der Waals surface area contributed by atoms with Crippen LogP contribution in [-0.2, 0) is 9.53 Å². The van der Waals surface area contributed by atoms with Crippen LogP contribution < -0.4 is 0 Å². The van der Waals surface area contributed by atoms with E-state index in [0.29, 0.717) is 10.8 Å². The number of hydrogen-bond donors (Lipinski definition) is 0. The van der Waals surface area contributed by atoms with E-state index in [1.54, 1.807) is 0 Å². The molecule has 3 atom stereocenters. The molecule has 0 amide bonds. The van der Waals surface area contributed by atoms with E-state index in [4.69, 9.17) is 4.74 Å². The highest BCUT2D eigenvalue weighted by Gasteiger charge is 2.80. The standard InChI is InChI=1S/C18H28O2/c1-5-16(4,20-15(19)11(2)3)17-8-13-6-12-7-14(9-17)18(12,13)10-17/h11-14H,5-10H2,1-4H3. The van der Waals surface area contributed by atoms with Crippen molar-refractivity contribution in [3.8, 4) is 0 Å². The van der Waals surface area contributed by atoms with Crippen LogP contribution in [0.4, 0.5) is 0 Å². The molecular weight excluding hydrogens is 248 g/mol. The van der Waals surface area contributed by atoms with E-state index in [9.17, 15) is 4.79 Å². The second kappa shape index (κ2) is 3.62. The first kappa shape index (κ1) is 13.2. The van der Waals surface area contributed by atoms with Gasteiger partial charge in [-0.1, -0.05) is 20.8 Å². The van der Waals surface area contributed by atoms with Crippen molar-refractivity contribution in [2.24, 2.45) is 34.5 Å².